The molecule has 1 aromatic heterocycles. The Hall–Kier alpha value is -1.91. The fourth-order valence-corrected chi connectivity index (χ4v) is 1.91. The number of nitrogens with zero attached hydrogens (tertiary/aromatic N) is 1. The average Bonchev–Trinajstić information content (AvgIpc) is 2.32. The molecule has 1 saturated carbocycles. The van der Waals surface area contributed by atoms with E-state index in [-0.39, 0.29) is 17.7 Å². The number of carbonyl (C=O) groups is 2. The van der Waals surface area contributed by atoms with Crippen LogP contribution in [0.4, 0.5) is 0 Å². The number of rotatable bonds is 2. The van der Waals surface area contributed by atoms with Crippen molar-refractivity contribution in [3.63, 3.8) is 0 Å². The van der Waals surface area contributed by atoms with E-state index in [0.717, 1.165) is 12.8 Å². The number of carbonyl (C=O) groups excluding carboxylic acids is 2. The number of hydrogen-bond donors (Lipinski definition) is 2. The van der Waals surface area contributed by atoms with Gasteiger partial charge < -0.3 is 0 Å². The fraction of sp³-hybridized carbons (Fsp3) is 0.417. The van der Waals surface area contributed by atoms with Crippen LogP contribution in [0.5, 0.6) is 0 Å². The molecule has 1 fully saturated rings. The SMILES string of the molecule is CC1CC(C(=O)NNC(=O)c2cccnc2)C1. The van der Waals surface area contributed by atoms with Gasteiger partial charge in [0, 0.05) is 18.3 Å². The topological polar surface area (TPSA) is 71.1 Å². The lowest BCUT2D eigenvalue weighted by molar-refractivity contribution is -0.129. The van der Waals surface area contributed by atoms with Crippen LogP contribution >= 0.6 is 0 Å². The van der Waals surface area contributed by atoms with Crippen molar-refractivity contribution < 1.29 is 9.59 Å². The van der Waals surface area contributed by atoms with E-state index in [1.165, 1.54) is 6.20 Å². The van der Waals surface area contributed by atoms with E-state index in [0.29, 0.717) is 11.5 Å². The summed E-state index contributed by atoms with van der Waals surface area (Å²) in [6, 6.07) is 3.31. The molecule has 17 heavy (non-hydrogen) atoms. The number of hydrogen-bond acceptors (Lipinski definition) is 3. The zero-order chi connectivity index (χ0) is 12.3. The van der Waals surface area contributed by atoms with Crippen LogP contribution in [0.2, 0.25) is 0 Å². The smallest absolute Gasteiger partial charge is 0.271 e. The number of amides is 2. The first kappa shape index (κ1) is 11.6. The molecule has 0 atom stereocenters. The average molecular weight is 233 g/mol. The van der Waals surface area contributed by atoms with Gasteiger partial charge in [-0.1, -0.05) is 6.92 Å². The first-order chi connectivity index (χ1) is 8.16. The predicted octanol–water partition coefficient (Wildman–Crippen LogP) is 0.889. The van der Waals surface area contributed by atoms with Crippen LogP contribution in [0.25, 0.3) is 0 Å². The Bertz CT molecular complexity index is 413. The Kier molecular flexibility index (Phi) is 3.37. The van der Waals surface area contributed by atoms with E-state index in [1.54, 1.807) is 18.3 Å². The second-order valence-corrected chi connectivity index (χ2v) is 4.46. The maximum Gasteiger partial charge on any atom is 0.271 e. The number of pyridine rings is 1. The van der Waals surface area contributed by atoms with E-state index >= 15 is 0 Å². The lowest BCUT2D eigenvalue weighted by Gasteiger charge is -2.31. The van der Waals surface area contributed by atoms with Crippen molar-refractivity contribution in [2.24, 2.45) is 11.8 Å². The molecule has 0 aromatic carbocycles. The molecule has 90 valence electrons. The van der Waals surface area contributed by atoms with Gasteiger partial charge in [0.2, 0.25) is 5.91 Å². The summed E-state index contributed by atoms with van der Waals surface area (Å²) in [5, 5.41) is 0. The Morgan fingerprint density at radius 3 is 2.71 bits per heavy atom. The van der Waals surface area contributed by atoms with Crippen molar-refractivity contribution in [3.8, 4) is 0 Å². The molecular weight excluding hydrogens is 218 g/mol. The molecule has 5 nitrogen and oxygen atoms in total. The second kappa shape index (κ2) is 4.95. The van der Waals surface area contributed by atoms with Crippen LogP contribution in [-0.4, -0.2) is 16.8 Å². The highest BCUT2D eigenvalue weighted by Gasteiger charge is 2.31. The Labute approximate surface area is 99.6 Å². The third-order valence-electron chi connectivity index (χ3n) is 2.97. The van der Waals surface area contributed by atoms with Gasteiger partial charge in [-0.3, -0.25) is 25.4 Å². The molecule has 1 aliphatic rings. The second-order valence-electron chi connectivity index (χ2n) is 4.46. The highest BCUT2D eigenvalue weighted by molar-refractivity contribution is 5.95. The summed E-state index contributed by atoms with van der Waals surface area (Å²) in [4.78, 5) is 27.0. The van der Waals surface area contributed by atoms with E-state index in [2.05, 4.69) is 22.8 Å². The fourth-order valence-electron chi connectivity index (χ4n) is 1.91. The molecule has 0 unspecified atom stereocenters. The van der Waals surface area contributed by atoms with Gasteiger partial charge in [0.15, 0.2) is 0 Å². The Balaban J connectivity index is 1.79. The van der Waals surface area contributed by atoms with Crippen molar-refractivity contribution >= 4 is 11.8 Å². The van der Waals surface area contributed by atoms with Crippen molar-refractivity contribution in [2.45, 2.75) is 19.8 Å². The summed E-state index contributed by atoms with van der Waals surface area (Å²) in [7, 11) is 0. The van der Waals surface area contributed by atoms with Crippen molar-refractivity contribution in [2.75, 3.05) is 0 Å². The molecule has 1 aromatic rings. The van der Waals surface area contributed by atoms with Crippen molar-refractivity contribution in [3.05, 3.63) is 30.1 Å². The van der Waals surface area contributed by atoms with E-state index in [9.17, 15) is 9.59 Å². The van der Waals surface area contributed by atoms with Gasteiger partial charge in [-0.25, -0.2) is 0 Å². The van der Waals surface area contributed by atoms with E-state index in [4.69, 9.17) is 0 Å². The first-order valence-corrected chi connectivity index (χ1v) is 5.67. The Morgan fingerprint density at radius 2 is 2.12 bits per heavy atom. The van der Waals surface area contributed by atoms with Crippen LogP contribution in [0.1, 0.15) is 30.1 Å². The molecule has 0 spiro atoms. The molecular formula is C12H15N3O2. The summed E-state index contributed by atoms with van der Waals surface area (Å²) in [6.07, 6.45) is 4.83. The van der Waals surface area contributed by atoms with E-state index < -0.39 is 0 Å². The summed E-state index contributed by atoms with van der Waals surface area (Å²) in [5.41, 5.74) is 5.25. The molecule has 2 N–H and O–H groups in total. The molecule has 1 heterocycles. The monoisotopic (exact) mass is 233 g/mol. The van der Waals surface area contributed by atoms with Gasteiger partial charge in [-0.05, 0) is 30.9 Å². The van der Waals surface area contributed by atoms with Crippen molar-refractivity contribution in [1.82, 2.24) is 15.8 Å². The molecule has 0 aliphatic heterocycles. The summed E-state index contributed by atoms with van der Waals surface area (Å²) in [6.45, 7) is 2.11. The molecule has 2 rings (SSSR count). The normalized spacial score (nSPS) is 22.4. The highest BCUT2D eigenvalue weighted by Crippen LogP contribution is 2.32. The maximum atomic E-state index is 11.6. The molecule has 0 bridgehead atoms. The summed E-state index contributed by atoms with van der Waals surface area (Å²) < 4.78 is 0. The van der Waals surface area contributed by atoms with Gasteiger partial charge in [0.1, 0.15) is 0 Å². The largest absolute Gasteiger partial charge is 0.273 e. The number of hydrazine groups is 1. The molecule has 2 amide bonds. The van der Waals surface area contributed by atoms with Crippen LogP contribution in [0, 0.1) is 11.8 Å². The predicted molar refractivity (Wildman–Crippen MR) is 61.7 cm³/mol. The minimum Gasteiger partial charge on any atom is -0.273 e. The maximum absolute atomic E-state index is 11.6. The molecule has 5 heteroatoms. The lowest BCUT2D eigenvalue weighted by Crippen LogP contribution is -2.47. The van der Waals surface area contributed by atoms with Crippen LogP contribution in [-0.2, 0) is 4.79 Å². The molecule has 0 saturated heterocycles. The van der Waals surface area contributed by atoms with Crippen LogP contribution in [0.3, 0.4) is 0 Å². The van der Waals surface area contributed by atoms with Gasteiger partial charge in [-0.2, -0.15) is 0 Å². The van der Waals surface area contributed by atoms with Gasteiger partial charge in [0.05, 0.1) is 5.56 Å². The number of aromatic nitrogens is 1. The molecule has 1 aliphatic carbocycles. The van der Waals surface area contributed by atoms with Crippen molar-refractivity contribution in [1.29, 1.82) is 0 Å². The minimum atomic E-state index is -0.348. The minimum absolute atomic E-state index is 0.0409. The van der Waals surface area contributed by atoms with Gasteiger partial charge in [0.25, 0.3) is 5.91 Å². The summed E-state index contributed by atoms with van der Waals surface area (Å²) in [5.74, 6) is 0.193. The van der Waals surface area contributed by atoms with Crippen LogP contribution < -0.4 is 10.9 Å². The van der Waals surface area contributed by atoms with Gasteiger partial charge in [-0.15, -0.1) is 0 Å². The quantitative estimate of drug-likeness (QED) is 0.745. The third kappa shape index (κ3) is 2.81. The summed E-state index contributed by atoms with van der Waals surface area (Å²) >= 11 is 0. The van der Waals surface area contributed by atoms with Crippen LogP contribution in [0.15, 0.2) is 24.5 Å². The first-order valence-electron chi connectivity index (χ1n) is 5.67. The Morgan fingerprint density at radius 1 is 1.35 bits per heavy atom. The number of nitrogens with one attached hydrogen (secondary N) is 2. The zero-order valence-corrected chi connectivity index (χ0v) is 9.64. The van der Waals surface area contributed by atoms with E-state index in [1.807, 2.05) is 0 Å². The zero-order valence-electron chi connectivity index (χ0n) is 9.64. The lowest BCUT2D eigenvalue weighted by atomic mass is 9.76. The highest BCUT2D eigenvalue weighted by atomic mass is 16.2. The standard InChI is InChI=1S/C12H15N3O2/c1-8-5-10(6-8)12(17)15-14-11(16)9-3-2-4-13-7-9/h2-4,7-8,10H,5-6H2,1H3,(H,14,16)(H,15,17). The molecule has 0 radical (unpaired) electrons. The van der Waals surface area contributed by atoms with Gasteiger partial charge >= 0.3 is 0 Å². The third-order valence-corrected chi connectivity index (χ3v) is 2.97.